The third kappa shape index (κ3) is 2.85. The van der Waals surface area contributed by atoms with Crippen LogP contribution in [0, 0.1) is 0 Å². The van der Waals surface area contributed by atoms with Crippen molar-refractivity contribution in [2.75, 3.05) is 13.7 Å². The van der Waals surface area contributed by atoms with Gasteiger partial charge in [0, 0.05) is 25.2 Å². The van der Waals surface area contributed by atoms with Gasteiger partial charge in [-0.2, -0.15) is 0 Å². The van der Waals surface area contributed by atoms with Gasteiger partial charge >= 0.3 is 0 Å². The maximum atomic E-state index is 12.0. The van der Waals surface area contributed by atoms with Crippen molar-refractivity contribution in [3.05, 3.63) is 42.0 Å². The number of amides is 1. The molecule has 0 bridgehead atoms. The Kier molecular flexibility index (Phi) is 3.80. The highest BCUT2D eigenvalue weighted by Crippen LogP contribution is 2.28. The third-order valence-electron chi connectivity index (χ3n) is 4.04. The van der Waals surface area contributed by atoms with Crippen LogP contribution in [0.1, 0.15) is 18.4 Å². The van der Waals surface area contributed by atoms with E-state index < -0.39 is 0 Å². The Bertz CT molecular complexity index is 665. The Hall–Kier alpha value is -2.07. The molecule has 0 saturated heterocycles. The van der Waals surface area contributed by atoms with E-state index in [1.807, 2.05) is 43.4 Å². The molecule has 1 aliphatic carbocycles. The van der Waals surface area contributed by atoms with Crippen molar-refractivity contribution in [3.8, 4) is 5.75 Å². The van der Waals surface area contributed by atoms with Gasteiger partial charge in [0.15, 0.2) is 6.61 Å². The summed E-state index contributed by atoms with van der Waals surface area (Å²) < 4.78 is 5.73. The molecule has 0 aromatic heterocycles. The fraction of sp³-hybridized carbons (Fsp3) is 0.353. The van der Waals surface area contributed by atoms with Gasteiger partial charge in [-0.3, -0.25) is 4.79 Å². The van der Waals surface area contributed by atoms with Crippen LogP contribution in [0.15, 0.2) is 36.4 Å². The fourth-order valence-corrected chi connectivity index (χ4v) is 2.57. The number of rotatable bonds is 5. The lowest BCUT2D eigenvalue weighted by Crippen LogP contribution is -2.33. The van der Waals surface area contributed by atoms with Gasteiger partial charge in [0.25, 0.3) is 5.91 Å². The van der Waals surface area contributed by atoms with Gasteiger partial charge < -0.3 is 15.4 Å². The molecular formula is C17H20N2O2. The molecule has 0 unspecified atom stereocenters. The number of fused-ring (bicyclic) bond motifs is 1. The lowest BCUT2D eigenvalue weighted by Gasteiger charge is -2.18. The van der Waals surface area contributed by atoms with E-state index in [9.17, 15) is 4.79 Å². The van der Waals surface area contributed by atoms with Crippen molar-refractivity contribution < 1.29 is 9.53 Å². The molecule has 1 saturated carbocycles. The second-order valence-electron chi connectivity index (χ2n) is 5.49. The monoisotopic (exact) mass is 284 g/mol. The lowest BCUT2D eigenvalue weighted by molar-refractivity contribution is -0.132. The van der Waals surface area contributed by atoms with Gasteiger partial charge in [0.1, 0.15) is 5.75 Å². The van der Waals surface area contributed by atoms with Crippen LogP contribution in [0.4, 0.5) is 0 Å². The first-order chi connectivity index (χ1) is 10.2. The lowest BCUT2D eigenvalue weighted by atomic mass is 10.0. The van der Waals surface area contributed by atoms with Gasteiger partial charge in [0.05, 0.1) is 0 Å². The van der Waals surface area contributed by atoms with Crippen molar-refractivity contribution in [3.63, 3.8) is 0 Å². The number of carbonyl (C=O) groups is 1. The average Bonchev–Trinajstić information content (AvgIpc) is 3.36. The quantitative estimate of drug-likeness (QED) is 0.916. The Morgan fingerprint density at radius 3 is 2.76 bits per heavy atom. The zero-order valence-corrected chi connectivity index (χ0v) is 12.2. The van der Waals surface area contributed by atoms with Crippen LogP contribution in [-0.4, -0.2) is 30.5 Å². The van der Waals surface area contributed by atoms with E-state index in [1.165, 1.54) is 0 Å². The predicted molar refractivity (Wildman–Crippen MR) is 83.1 cm³/mol. The average molecular weight is 284 g/mol. The van der Waals surface area contributed by atoms with Gasteiger partial charge in [0.2, 0.25) is 0 Å². The summed E-state index contributed by atoms with van der Waals surface area (Å²) in [6.45, 7) is 0.460. The molecule has 1 amide bonds. The summed E-state index contributed by atoms with van der Waals surface area (Å²) >= 11 is 0. The Morgan fingerprint density at radius 2 is 2.05 bits per heavy atom. The molecule has 3 rings (SSSR count). The highest BCUT2D eigenvalue weighted by Gasteiger charge is 2.29. The van der Waals surface area contributed by atoms with Gasteiger partial charge in [-0.1, -0.05) is 30.3 Å². The van der Waals surface area contributed by atoms with Crippen molar-refractivity contribution in [2.24, 2.45) is 5.73 Å². The number of nitrogens with zero attached hydrogens (tertiary/aromatic N) is 1. The molecule has 1 fully saturated rings. The smallest absolute Gasteiger partial charge is 0.260 e. The molecule has 2 N–H and O–H groups in total. The molecule has 4 nitrogen and oxygen atoms in total. The standard InChI is InChI=1S/C17H20N2O2/c1-19(13-7-8-13)17(20)11-21-16-9-6-12-4-2-3-5-14(12)15(16)10-18/h2-6,9,13H,7-8,10-11,18H2,1H3. The van der Waals surface area contributed by atoms with Crippen LogP contribution < -0.4 is 10.5 Å². The van der Waals surface area contributed by atoms with Crippen LogP contribution in [0.5, 0.6) is 5.75 Å². The van der Waals surface area contributed by atoms with E-state index in [2.05, 4.69) is 0 Å². The normalized spacial score (nSPS) is 14.2. The van der Waals surface area contributed by atoms with Crippen LogP contribution >= 0.6 is 0 Å². The second-order valence-corrected chi connectivity index (χ2v) is 5.49. The van der Waals surface area contributed by atoms with E-state index in [1.54, 1.807) is 4.90 Å². The van der Waals surface area contributed by atoms with E-state index >= 15 is 0 Å². The summed E-state index contributed by atoms with van der Waals surface area (Å²) in [7, 11) is 1.84. The Balaban J connectivity index is 1.78. The molecule has 4 heteroatoms. The number of nitrogens with two attached hydrogens (primary N) is 1. The van der Waals surface area contributed by atoms with E-state index in [0.29, 0.717) is 18.3 Å². The number of hydrogen-bond donors (Lipinski definition) is 1. The fourth-order valence-electron chi connectivity index (χ4n) is 2.57. The topological polar surface area (TPSA) is 55.6 Å². The number of hydrogen-bond acceptors (Lipinski definition) is 3. The molecule has 0 spiro atoms. The summed E-state index contributed by atoms with van der Waals surface area (Å²) in [5, 5.41) is 2.22. The van der Waals surface area contributed by atoms with Crippen LogP contribution in [0.25, 0.3) is 10.8 Å². The maximum Gasteiger partial charge on any atom is 0.260 e. The summed E-state index contributed by atoms with van der Waals surface area (Å²) in [5.74, 6) is 0.724. The first-order valence-corrected chi connectivity index (χ1v) is 7.30. The first kappa shape index (κ1) is 13.9. The van der Waals surface area contributed by atoms with Crippen LogP contribution in [0.3, 0.4) is 0 Å². The van der Waals surface area contributed by atoms with Crippen molar-refractivity contribution >= 4 is 16.7 Å². The Morgan fingerprint density at radius 1 is 1.29 bits per heavy atom. The molecule has 0 aliphatic heterocycles. The predicted octanol–water partition coefficient (Wildman–Crippen LogP) is 2.30. The molecule has 1 aliphatic rings. The van der Waals surface area contributed by atoms with E-state index in [0.717, 1.165) is 29.2 Å². The van der Waals surface area contributed by atoms with Crippen molar-refractivity contribution in [2.45, 2.75) is 25.4 Å². The molecule has 2 aromatic carbocycles. The summed E-state index contributed by atoms with van der Waals surface area (Å²) in [6.07, 6.45) is 2.21. The van der Waals surface area contributed by atoms with Crippen molar-refractivity contribution in [1.29, 1.82) is 0 Å². The summed E-state index contributed by atoms with van der Waals surface area (Å²) in [6, 6.07) is 12.4. The molecule has 2 aromatic rings. The van der Waals surface area contributed by atoms with Crippen molar-refractivity contribution in [1.82, 2.24) is 4.90 Å². The van der Waals surface area contributed by atoms with Crippen LogP contribution in [-0.2, 0) is 11.3 Å². The SMILES string of the molecule is CN(C(=O)COc1ccc2ccccc2c1CN)C1CC1. The second kappa shape index (κ2) is 5.74. The minimum absolute atomic E-state index is 0.0219. The molecule has 0 radical (unpaired) electrons. The third-order valence-corrected chi connectivity index (χ3v) is 4.04. The minimum atomic E-state index is 0.0219. The Labute approximate surface area is 124 Å². The first-order valence-electron chi connectivity index (χ1n) is 7.30. The van der Waals surface area contributed by atoms with Gasteiger partial charge in [-0.25, -0.2) is 0 Å². The zero-order chi connectivity index (χ0) is 14.8. The van der Waals surface area contributed by atoms with E-state index in [-0.39, 0.29) is 12.5 Å². The molecule has 110 valence electrons. The zero-order valence-electron chi connectivity index (χ0n) is 12.2. The highest BCUT2D eigenvalue weighted by atomic mass is 16.5. The number of carbonyl (C=O) groups excluding carboxylic acids is 1. The summed E-state index contributed by atoms with van der Waals surface area (Å²) in [5.41, 5.74) is 6.82. The van der Waals surface area contributed by atoms with Gasteiger partial charge in [-0.05, 0) is 29.7 Å². The van der Waals surface area contributed by atoms with Crippen LogP contribution in [0.2, 0.25) is 0 Å². The summed E-state index contributed by atoms with van der Waals surface area (Å²) in [4.78, 5) is 13.8. The minimum Gasteiger partial charge on any atom is -0.483 e. The molecular weight excluding hydrogens is 264 g/mol. The van der Waals surface area contributed by atoms with E-state index in [4.69, 9.17) is 10.5 Å². The molecule has 0 heterocycles. The number of ether oxygens (including phenoxy) is 1. The molecule has 21 heavy (non-hydrogen) atoms. The molecule has 0 atom stereocenters. The highest BCUT2D eigenvalue weighted by molar-refractivity contribution is 5.88. The number of likely N-dealkylation sites (N-methyl/N-ethyl adjacent to an activating group) is 1. The largest absolute Gasteiger partial charge is 0.483 e. The maximum absolute atomic E-state index is 12.0. The van der Waals surface area contributed by atoms with Gasteiger partial charge in [-0.15, -0.1) is 0 Å². The number of benzene rings is 2.